The van der Waals surface area contributed by atoms with Crippen molar-refractivity contribution in [1.29, 1.82) is 0 Å². The van der Waals surface area contributed by atoms with Gasteiger partial charge in [-0.05, 0) is 38.6 Å². The molecule has 6 nitrogen and oxygen atoms in total. The van der Waals surface area contributed by atoms with Gasteiger partial charge in [0.1, 0.15) is 5.78 Å². The van der Waals surface area contributed by atoms with Crippen molar-refractivity contribution in [2.75, 3.05) is 12.4 Å². The molecule has 0 spiro atoms. The van der Waals surface area contributed by atoms with E-state index in [1.807, 2.05) is 0 Å². The summed E-state index contributed by atoms with van der Waals surface area (Å²) in [5.41, 5.74) is 0.907. The minimum atomic E-state index is -3.58. The molecule has 1 amide bonds. The molecule has 0 bridgehead atoms. The average molecular weight is 284 g/mol. The fourth-order valence-corrected chi connectivity index (χ4v) is 2.50. The van der Waals surface area contributed by atoms with Crippen molar-refractivity contribution in [3.05, 3.63) is 23.8 Å². The number of amides is 1. The number of nitrogens with one attached hydrogen (secondary N) is 2. The van der Waals surface area contributed by atoms with Crippen molar-refractivity contribution in [3.8, 4) is 0 Å². The zero-order valence-electron chi connectivity index (χ0n) is 11.0. The van der Waals surface area contributed by atoms with Gasteiger partial charge in [-0.2, -0.15) is 0 Å². The van der Waals surface area contributed by atoms with Gasteiger partial charge in [-0.15, -0.1) is 0 Å². The van der Waals surface area contributed by atoms with Gasteiger partial charge in [-0.3, -0.25) is 9.59 Å². The fourth-order valence-electron chi connectivity index (χ4n) is 1.51. The van der Waals surface area contributed by atoms with Gasteiger partial charge in [0, 0.05) is 5.69 Å². The van der Waals surface area contributed by atoms with Crippen LogP contribution in [0.5, 0.6) is 0 Å². The van der Waals surface area contributed by atoms with Crippen LogP contribution in [0.25, 0.3) is 0 Å². The molecule has 1 rings (SSSR count). The van der Waals surface area contributed by atoms with Crippen LogP contribution in [0.1, 0.15) is 18.9 Å². The summed E-state index contributed by atoms with van der Waals surface area (Å²) < 4.78 is 25.7. The summed E-state index contributed by atoms with van der Waals surface area (Å²) in [7, 11) is -2.26. The number of carbonyl (C=O) groups excluding carboxylic acids is 2. The van der Waals surface area contributed by atoms with Gasteiger partial charge < -0.3 is 5.32 Å². The van der Waals surface area contributed by atoms with E-state index < -0.39 is 15.9 Å². The summed E-state index contributed by atoms with van der Waals surface area (Å²) >= 11 is 0. The lowest BCUT2D eigenvalue weighted by atomic mass is 10.2. The number of aryl methyl sites for hydroxylation is 1. The Labute approximate surface area is 112 Å². The minimum Gasteiger partial charge on any atom is -0.326 e. The zero-order valence-corrected chi connectivity index (χ0v) is 11.8. The van der Waals surface area contributed by atoms with Gasteiger partial charge in [0.05, 0.1) is 11.3 Å². The lowest BCUT2D eigenvalue weighted by Crippen LogP contribution is -2.20. The third-order valence-electron chi connectivity index (χ3n) is 2.44. The van der Waals surface area contributed by atoms with Crippen LogP contribution >= 0.6 is 0 Å². The Balaban J connectivity index is 3.04. The largest absolute Gasteiger partial charge is 0.326 e. The predicted octanol–water partition coefficient (Wildman–Crippen LogP) is 0.821. The summed E-state index contributed by atoms with van der Waals surface area (Å²) in [6.45, 7) is 2.97. The third-order valence-corrected chi connectivity index (χ3v) is 4.00. The topological polar surface area (TPSA) is 92.3 Å². The molecular formula is C12H16N2O4S. The number of Topliss-reactive ketones (excluding diaryl/α,β-unsaturated/α-hetero) is 1. The van der Waals surface area contributed by atoms with E-state index >= 15 is 0 Å². The summed E-state index contributed by atoms with van der Waals surface area (Å²) in [5, 5.41) is 2.49. The van der Waals surface area contributed by atoms with Crippen LogP contribution in [0.3, 0.4) is 0 Å². The molecule has 0 aliphatic rings. The number of sulfonamides is 1. The fraction of sp³-hybridized carbons (Fsp3) is 0.333. The average Bonchev–Trinajstić information content (AvgIpc) is 2.30. The molecule has 1 aromatic carbocycles. The van der Waals surface area contributed by atoms with E-state index in [-0.39, 0.29) is 17.1 Å². The zero-order chi connectivity index (χ0) is 14.6. The number of rotatable bonds is 5. The Morgan fingerprint density at radius 3 is 2.42 bits per heavy atom. The molecule has 1 aromatic rings. The summed E-state index contributed by atoms with van der Waals surface area (Å²) in [6.07, 6.45) is -0.234. The summed E-state index contributed by atoms with van der Waals surface area (Å²) in [6, 6.07) is 4.54. The van der Waals surface area contributed by atoms with Crippen molar-refractivity contribution < 1.29 is 18.0 Å². The van der Waals surface area contributed by atoms with E-state index in [2.05, 4.69) is 10.0 Å². The Morgan fingerprint density at radius 2 is 1.89 bits per heavy atom. The SMILES string of the molecule is CNS(=O)(=O)c1cc(NC(=O)CC(C)=O)ccc1C. The van der Waals surface area contributed by atoms with Crippen LogP contribution < -0.4 is 10.0 Å². The number of anilines is 1. The first-order valence-electron chi connectivity index (χ1n) is 5.59. The second-order valence-electron chi connectivity index (χ2n) is 4.11. The first kappa shape index (κ1) is 15.3. The molecule has 0 saturated carbocycles. The Bertz CT molecular complexity index is 608. The Hall–Kier alpha value is -1.73. The first-order valence-corrected chi connectivity index (χ1v) is 7.08. The standard InChI is InChI=1S/C12H16N2O4S/c1-8-4-5-10(14-12(16)6-9(2)15)7-11(8)19(17,18)13-3/h4-5,7,13H,6H2,1-3H3,(H,14,16). The molecule has 104 valence electrons. The van der Waals surface area contributed by atoms with Crippen molar-refractivity contribution in [2.45, 2.75) is 25.2 Å². The highest BCUT2D eigenvalue weighted by molar-refractivity contribution is 7.89. The molecule has 0 fully saturated rings. The monoisotopic (exact) mass is 284 g/mol. The van der Waals surface area contributed by atoms with Crippen LogP contribution in [-0.4, -0.2) is 27.2 Å². The molecule has 0 atom stereocenters. The summed E-state index contributed by atoms with van der Waals surface area (Å²) in [4.78, 5) is 22.3. The lowest BCUT2D eigenvalue weighted by Gasteiger charge is -2.10. The lowest BCUT2D eigenvalue weighted by molar-refractivity contribution is -0.124. The molecule has 0 radical (unpaired) electrons. The van der Waals surface area contributed by atoms with Crippen LogP contribution in [-0.2, 0) is 19.6 Å². The van der Waals surface area contributed by atoms with Crippen molar-refractivity contribution >= 4 is 27.4 Å². The highest BCUT2D eigenvalue weighted by Gasteiger charge is 2.15. The van der Waals surface area contributed by atoms with Gasteiger partial charge >= 0.3 is 0 Å². The molecule has 19 heavy (non-hydrogen) atoms. The molecule has 0 unspecified atom stereocenters. The van der Waals surface area contributed by atoms with Crippen LogP contribution in [0, 0.1) is 6.92 Å². The van der Waals surface area contributed by atoms with Gasteiger partial charge in [-0.1, -0.05) is 6.07 Å². The van der Waals surface area contributed by atoms with Crippen LogP contribution in [0.2, 0.25) is 0 Å². The molecule has 0 aliphatic heterocycles. The van der Waals surface area contributed by atoms with Crippen molar-refractivity contribution in [2.24, 2.45) is 0 Å². The highest BCUT2D eigenvalue weighted by atomic mass is 32.2. The molecule has 0 aliphatic carbocycles. The summed E-state index contributed by atoms with van der Waals surface area (Å²) in [5.74, 6) is -0.725. The van der Waals surface area contributed by atoms with Crippen LogP contribution in [0.15, 0.2) is 23.1 Å². The van der Waals surface area contributed by atoms with Crippen molar-refractivity contribution in [1.82, 2.24) is 4.72 Å². The maximum absolute atomic E-state index is 11.8. The van der Waals surface area contributed by atoms with Gasteiger partial charge in [0.25, 0.3) is 0 Å². The number of benzene rings is 1. The third kappa shape index (κ3) is 4.15. The van der Waals surface area contributed by atoms with E-state index in [0.717, 1.165) is 0 Å². The second kappa shape index (κ2) is 5.94. The molecule has 7 heteroatoms. The molecular weight excluding hydrogens is 268 g/mol. The Kier molecular flexibility index (Phi) is 4.79. The molecule has 0 saturated heterocycles. The smallest absolute Gasteiger partial charge is 0.240 e. The van der Waals surface area contributed by atoms with Crippen LogP contribution in [0.4, 0.5) is 5.69 Å². The first-order chi connectivity index (χ1) is 8.76. The number of hydrogen-bond acceptors (Lipinski definition) is 4. The van der Waals surface area contributed by atoms with Gasteiger partial charge in [0.2, 0.25) is 15.9 Å². The van der Waals surface area contributed by atoms with E-state index in [1.54, 1.807) is 19.1 Å². The van der Waals surface area contributed by atoms with Gasteiger partial charge in [0.15, 0.2) is 0 Å². The second-order valence-corrected chi connectivity index (χ2v) is 5.97. The van der Waals surface area contributed by atoms with E-state index in [9.17, 15) is 18.0 Å². The quantitative estimate of drug-likeness (QED) is 0.783. The normalized spacial score (nSPS) is 11.1. The Morgan fingerprint density at radius 1 is 1.26 bits per heavy atom. The molecule has 0 aromatic heterocycles. The van der Waals surface area contributed by atoms with E-state index in [4.69, 9.17) is 0 Å². The van der Waals surface area contributed by atoms with Gasteiger partial charge in [-0.25, -0.2) is 13.1 Å². The predicted molar refractivity (Wildman–Crippen MR) is 71.4 cm³/mol. The van der Waals surface area contributed by atoms with Crippen molar-refractivity contribution in [3.63, 3.8) is 0 Å². The number of carbonyl (C=O) groups is 2. The van der Waals surface area contributed by atoms with E-state index in [0.29, 0.717) is 11.3 Å². The van der Waals surface area contributed by atoms with E-state index in [1.165, 1.54) is 20.0 Å². The maximum Gasteiger partial charge on any atom is 0.240 e. The molecule has 0 heterocycles. The number of hydrogen-bond donors (Lipinski definition) is 2. The maximum atomic E-state index is 11.8. The molecule has 2 N–H and O–H groups in total. The highest BCUT2D eigenvalue weighted by Crippen LogP contribution is 2.20. The number of ketones is 1. The minimum absolute atomic E-state index is 0.0932.